The van der Waals surface area contributed by atoms with Gasteiger partial charge in [0.1, 0.15) is 10.6 Å². The van der Waals surface area contributed by atoms with Gasteiger partial charge >= 0.3 is 18.2 Å². The lowest BCUT2D eigenvalue weighted by atomic mass is 9.75. The lowest BCUT2D eigenvalue weighted by molar-refractivity contribution is -0.228. The van der Waals surface area contributed by atoms with Gasteiger partial charge in [-0.2, -0.15) is 13.2 Å². The average molecular weight is 629 g/mol. The lowest BCUT2D eigenvalue weighted by Gasteiger charge is -2.40. The van der Waals surface area contributed by atoms with E-state index in [1.807, 2.05) is 6.92 Å². The van der Waals surface area contributed by atoms with Crippen molar-refractivity contribution in [3.63, 3.8) is 0 Å². The van der Waals surface area contributed by atoms with Crippen molar-refractivity contribution in [3.8, 4) is 0 Å². The highest BCUT2D eigenvalue weighted by Gasteiger charge is 2.61. The number of methoxy groups -OCH3 is 1. The van der Waals surface area contributed by atoms with Crippen LogP contribution in [0, 0.1) is 23.6 Å². The van der Waals surface area contributed by atoms with E-state index in [9.17, 15) is 40.0 Å². The zero-order chi connectivity index (χ0) is 31.5. The van der Waals surface area contributed by atoms with Crippen LogP contribution in [0.15, 0.2) is 47.4 Å². The van der Waals surface area contributed by atoms with E-state index in [4.69, 9.17) is 4.74 Å². The molecule has 2 saturated heterocycles. The Morgan fingerprint density at radius 2 is 1.67 bits per heavy atom. The highest BCUT2D eigenvalue weighted by atomic mass is 32.2. The molecule has 5 rings (SSSR count). The number of benzene rings is 2. The zero-order valence-corrected chi connectivity index (χ0v) is 24.8. The molecule has 234 valence electrons. The van der Waals surface area contributed by atoms with Gasteiger partial charge in [0.2, 0.25) is 5.67 Å². The van der Waals surface area contributed by atoms with Crippen molar-refractivity contribution in [1.29, 1.82) is 0 Å². The molecule has 0 aromatic heterocycles. The van der Waals surface area contributed by atoms with Gasteiger partial charge in [-0.1, -0.05) is 25.1 Å². The first kappa shape index (κ1) is 31.2. The molecule has 13 heteroatoms. The van der Waals surface area contributed by atoms with Crippen molar-refractivity contribution < 1.29 is 44.7 Å². The largest absolute Gasteiger partial charge is 0.469 e. The van der Waals surface area contributed by atoms with Crippen LogP contribution in [-0.2, 0) is 36.2 Å². The van der Waals surface area contributed by atoms with Crippen LogP contribution in [0.5, 0.6) is 0 Å². The smallest absolute Gasteiger partial charge is 0.426 e. The summed E-state index contributed by atoms with van der Waals surface area (Å²) in [4.78, 5) is 28.8. The summed E-state index contributed by atoms with van der Waals surface area (Å²) in [6, 6.07) is 7.13. The van der Waals surface area contributed by atoms with Gasteiger partial charge in [-0.05, 0) is 73.1 Å². The van der Waals surface area contributed by atoms with Crippen LogP contribution < -0.4 is 0 Å². The van der Waals surface area contributed by atoms with Crippen LogP contribution in [-0.4, -0.2) is 69.7 Å². The van der Waals surface area contributed by atoms with E-state index in [1.165, 1.54) is 18.1 Å². The van der Waals surface area contributed by atoms with Crippen LogP contribution in [0.1, 0.15) is 43.4 Å². The molecule has 2 aliphatic heterocycles. The number of amides is 2. The summed E-state index contributed by atoms with van der Waals surface area (Å²) >= 11 is 0. The van der Waals surface area contributed by atoms with Gasteiger partial charge in [-0.15, -0.1) is 0 Å². The zero-order valence-electron chi connectivity index (χ0n) is 24.0. The number of sulfone groups is 1. The molecule has 2 aromatic carbocycles. The molecule has 2 heterocycles. The average Bonchev–Trinajstić information content (AvgIpc) is 3.38. The summed E-state index contributed by atoms with van der Waals surface area (Å²) in [5.74, 6) is -2.21. The van der Waals surface area contributed by atoms with Crippen LogP contribution in [0.3, 0.4) is 0 Å². The van der Waals surface area contributed by atoms with Crippen LogP contribution >= 0.6 is 0 Å². The molecule has 3 aliphatic rings. The Labute approximate surface area is 246 Å². The second-order valence-electron chi connectivity index (χ2n) is 12.0. The Morgan fingerprint density at radius 1 is 1.00 bits per heavy atom. The Balaban J connectivity index is 1.56. The molecule has 2 aromatic rings. The number of ether oxygens (including phenoxy) is 1. The second-order valence-corrected chi connectivity index (χ2v) is 14.2. The molecule has 0 spiro atoms. The van der Waals surface area contributed by atoms with Crippen molar-refractivity contribution in [1.82, 2.24) is 9.80 Å². The predicted molar refractivity (Wildman–Crippen MR) is 146 cm³/mol. The first-order chi connectivity index (χ1) is 20.0. The van der Waals surface area contributed by atoms with Gasteiger partial charge in [0.15, 0.2) is 9.84 Å². The summed E-state index contributed by atoms with van der Waals surface area (Å²) < 4.78 is 101. The molecule has 2 amide bonds. The van der Waals surface area contributed by atoms with Gasteiger partial charge in [0.25, 0.3) is 0 Å². The number of carbonyl (C=O) groups is 2. The number of halogens is 5. The molecule has 1 aliphatic carbocycles. The van der Waals surface area contributed by atoms with Crippen molar-refractivity contribution in [2.75, 3.05) is 33.3 Å². The summed E-state index contributed by atoms with van der Waals surface area (Å²) in [6.07, 6.45) is -4.41. The van der Waals surface area contributed by atoms with E-state index in [0.29, 0.717) is 13.3 Å². The van der Waals surface area contributed by atoms with E-state index >= 15 is 0 Å². The van der Waals surface area contributed by atoms with Crippen molar-refractivity contribution in [3.05, 3.63) is 65.0 Å². The third-order valence-corrected chi connectivity index (χ3v) is 12.0. The Kier molecular flexibility index (Phi) is 7.80. The minimum absolute atomic E-state index is 0.0646. The van der Waals surface area contributed by atoms with E-state index in [2.05, 4.69) is 0 Å². The van der Waals surface area contributed by atoms with Gasteiger partial charge < -0.3 is 14.5 Å². The number of carbonyl (C=O) groups excluding carboxylic acids is 2. The van der Waals surface area contributed by atoms with Crippen molar-refractivity contribution >= 4 is 21.8 Å². The van der Waals surface area contributed by atoms with E-state index in [0.717, 1.165) is 36.4 Å². The number of rotatable bonds is 4. The SMILES string of the molecule is COC(=O)C1CCN(C(=O)N2CC3CCc4cc(C(C)(F)C(F)(F)F)ccc4C3(S(=O)(=O)c3ccc(F)cc3)C2)CC1C. The standard InChI is InChI=1S/C30H33F5N2O5S/c1-18-15-36(13-12-24(18)26(38)42-3)27(39)37-16-21-5-4-19-14-20(28(2,32)30(33,34)35)6-11-25(19)29(21,17-37)43(40,41)23-9-7-22(31)8-10-23/h6-11,14,18,21,24H,4-5,12-13,15-17H2,1-3H3. The number of fused-ring (bicyclic) bond motifs is 3. The Bertz CT molecular complexity index is 1530. The van der Waals surface area contributed by atoms with Crippen molar-refractivity contribution in [2.24, 2.45) is 17.8 Å². The predicted octanol–water partition coefficient (Wildman–Crippen LogP) is 5.37. The third kappa shape index (κ3) is 4.97. The van der Waals surface area contributed by atoms with Gasteiger partial charge in [0, 0.05) is 32.1 Å². The lowest BCUT2D eigenvalue weighted by Crippen LogP contribution is -2.51. The fourth-order valence-electron chi connectivity index (χ4n) is 6.96. The molecule has 5 atom stereocenters. The normalized spacial score (nSPS) is 27.2. The van der Waals surface area contributed by atoms with Crippen LogP contribution in [0.4, 0.5) is 26.7 Å². The monoisotopic (exact) mass is 628 g/mol. The highest BCUT2D eigenvalue weighted by molar-refractivity contribution is 7.92. The maximum Gasteiger partial charge on any atom is 0.426 e. The number of aryl methyl sites for hydroxylation is 1. The topological polar surface area (TPSA) is 84.0 Å². The second kappa shape index (κ2) is 10.7. The minimum atomic E-state index is -5.19. The summed E-state index contributed by atoms with van der Waals surface area (Å²) in [6.45, 7) is 2.54. The molecule has 0 N–H and O–H groups in total. The first-order valence-electron chi connectivity index (χ1n) is 14.1. The number of hydrogen-bond acceptors (Lipinski definition) is 5. The van der Waals surface area contributed by atoms with Gasteiger partial charge in [0.05, 0.1) is 17.9 Å². The summed E-state index contributed by atoms with van der Waals surface area (Å²) in [7, 11) is -3.05. The van der Waals surface area contributed by atoms with Crippen LogP contribution in [0.2, 0.25) is 0 Å². The molecular formula is C30H33F5N2O5S. The number of urea groups is 1. The van der Waals surface area contributed by atoms with E-state index in [-0.39, 0.29) is 72.8 Å². The fraction of sp³-hybridized carbons (Fsp3) is 0.533. The molecule has 0 bridgehead atoms. The van der Waals surface area contributed by atoms with Crippen molar-refractivity contribution in [2.45, 2.75) is 54.6 Å². The maximum absolute atomic E-state index is 14.9. The van der Waals surface area contributed by atoms with Crippen LogP contribution in [0.25, 0.3) is 0 Å². The first-order valence-corrected chi connectivity index (χ1v) is 15.5. The molecule has 0 radical (unpaired) electrons. The highest BCUT2D eigenvalue weighted by Crippen LogP contribution is 2.54. The number of hydrogen-bond donors (Lipinski definition) is 0. The molecule has 7 nitrogen and oxygen atoms in total. The maximum atomic E-state index is 14.9. The summed E-state index contributed by atoms with van der Waals surface area (Å²) in [5.41, 5.74) is -3.83. The fourth-order valence-corrected chi connectivity index (χ4v) is 9.32. The quantitative estimate of drug-likeness (QED) is 0.258. The molecular weight excluding hydrogens is 595 g/mol. The Hall–Kier alpha value is -3.22. The number of esters is 1. The number of piperidine rings is 1. The van der Waals surface area contributed by atoms with E-state index < -0.39 is 49.8 Å². The third-order valence-electron chi connectivity index (χ3n) is 9.48. The number of alkyl halides is 4. The molecule has 2 fully saturated rings. The molecule has 5 unspecified atom stereocenters. The Morgan fingerprint density at radius 3 is 2.28 bits per heavy atom. The van der Waals surface area contributed by atoms with Gasteiger partial charge in [-0.25, -0.2) is 22.0 Å². The van der Waals surface area contributed by atoms with E-state index in [1.54, 1.807) is 4.90 Å². The number of likely N-dealkylation sites (tertiary alicyclic amines) is 2. The minimum Gasteiger partial charge on any atom is -0.469 e. The summed E-state index contributed by atoms with van der Waals surface area (Å²) in [5, 5.41) is 0. The van der Waals surface area contributed by atoms with Gasteiger partial charge in [-0.3, -0.25) is 4.79 Å². The molecule has 43 heavy (non-hydrogen) atoms. The molecule has 0 saturated carbocycles. The number of nitrogens with zero attached hydrogens (tertiary/aromatic N) is 2.